The minimum absolute atomic E-state index is 0.116. The summed E-state index contributed by atoms with van der Waals surface area (Å²) in [6.45, 7) is 3.79. The number of aromatic nitrogens is 4. The van der Waals surface area contributed by atoms with Gasteiger partial charge in [0.05, 0.1) is 5.75 Å². The summed E-state index contributed by atoms with van der Waals surface area (Å²) in [7, 11) is 0. The second-order valence-electron chi connectivity index (χ2n) is 5.24. The van der Waals surface area contributed by atoms with Gasteiger partial charge in [-0.3, -0.25) is 19.0 Å². The largest absolute Gasteiger partial charge is 0.460 e. The number of H-pyrrole nitrogens is 1. The Hall–Kier alpha value is -2.61. The van der Waals surface area contributed by atoms with Crippen LogP contribution in [0.5, 0.6) is 0 Å². The van der Waals surface area contributed by atoms with E-state index in [0.717, 1.165) is 11.3 Å². The van der Waals surface area contributed by atoms with Gasteiger partial charge in [-0.05, 0) is 19.4 Å². The minimum Gasteiger partial charge on any atom is -0.460 e. The summed E-state index contributed by atoms with van der Waals surface area (Å²) in [5.41, 5.74) is 2.09. The van der Waals surface area contributed by atoms with E-state index >= 15 is 0 Å². The predicted octanol–water partition coefficient (Wildman–Crippen LogP) is 1.87. The van der Waals surface area contributed by atoms with Gasteiger partial charge in [-0.25, -0.2) is 0 Å². The molecule has 2 aromatic heterocycles. The van der Waals surface area contributed by atoms with E-state index in [9.17, 15) is 9.59 Å². The number of hydrogen-bond acceptors (Lipinski definition) is 6. The van der Waals surface area contributed by atoms with E-state index in [-0.39, 0.29) is 23.9 Å². The predicted molar refractivity (Wildman–Crippen MR) is 90.0 cm³/mol. The summed E-state index contributed by atoms with van der Waals surface area (Å²) in [4.78, 5) is 26.3. The summed E-state index contributed by atoms with van der Waals surface area (Å²) >= 11 is 1.22. The number of aromatic amines is 1. The third kappa shape index (κ3) is 3.33. The van der Waals surface area contributed by atoms with E-state index in [1.165, 1.54) is 11.8 Å². The lowest BCUT2D eigenvalue weighted by Crippen LogP contribution is -2.15. The number of carbonyl (C=O) groups excluding carboxylic acids is 1. The Kier molecular flexibility index (Phi) is 4.66. The highest BCUT2D eigenvalue weighted by Gasteiger charge is 2.14. The molecule has 2 heterocycles. The van der Waals surface area contributed by atoms with E-state index in [4.69, 9.17) is 4.74 Å². The standard InChI is InChI=1S/C16H16N4O3S/c1-10-11(2)20-15(17-14(10)22)18-19-16(20)24-9-13(21)23-8-12-6-4-3-5-7-12/h3-7H,8-9H2,1-2H3,(H,17,18,22). The summed E-state index contributed by atoms with van der Waals surface area (Å²) < 4.78 is 6.96. The number of hydrogen-bond donors (Lipinski definition) is 1. The Balaban J connectivity index is 1.66. The number of thioether (sulfide) groups is 1. The lowest BCUT2D eigenvalue weighted by Gasteiger charge is -2.06. The lowest BCUT2D eigenvalue weighted by atomic mass is 10.2. The SMILES string of the molecule is Cc1c(C)n2c(SCC(=O)OCc3ccccc3)nnc2[nH]c1=O. The zero-order chi connectivity index (χ0) is 17.1. The molecule has 0 aliphatic rings. The van der Waals surface area contributed by atoms with Crippen molar-refractivity contribution in [2.45, 2.75) is 25.6 Å². The van der Waals surface area contributed by atoms with E-state index < -0.39 is 0 Å². The van der Waals surface area contributed by atoms with Gasteiger partial charge in [0, 0.05) is 11.3 Å². The van der Waals surface area contributed by atoms with Crippen LogP contribution in [0.2, 0.25) is 0 Å². The van der Waals surface area contributed by atoms with E-state index in [0.29, 0.717) is 16.5 Å². The number of ether oxygens (including phenoxy) is 1. The van der Waals surface area contributed by atoms with Crippen molar-refractivity contribution in [1.82, 2.24) is 19.6 Å². The fraction of sp³-hybridized carbons (Fsp3) is 0.250. The third-order valence-corrected chi connectivity index (χ3v) is 4.54. The van der Waals surface area contributed by atoms with Crippen LogP contribution in [0.1, 0.15) is 16.8 Å². The highest BCUT2D eigenvalue weighted by atomic mass is 32.2. The average Bonchev–Trinajstić information content (AvgIpc) is 3.00. The van der Waals surface area contributed by atoms with Gasteiger partial charge in [0.25, 0.3) is 5.56 Å². The van der Waals surface area contributed by atoms with Gasteiger partial charge in [0.2, 0.25) is 5.78 Å². The molecule has 24 heavy (non-hydrogen) atoms. The molecule has 8 heteroatoms. The molecule has 0 aliphatic heterocycles. The van der Waals surface area contributed by atoms with Crippen molar-refractivity contribution in [3.63, 3.8) is 0 Å². The molecule has 0 aliphatic carbocycles. The number of carbonyl (C=O) groups is 1. The molecule has 1 N–H and O–H groups in total. The summed E-state index contributed by atoms with van der Waals surface area (Å²) in [5, 5.41) is 8.50. The number of fused-ring (bicyclic) bond motifs is 1. The Morgan fingerprint density at radius 2 is 2.00 bits per heavy atom. The van der Waals surface area contributed by atoms with E-state index in [2.05, 4.69) is 15.2 Å². The maximum absolute atomic E-state index is 11.9. The molecule has 0 unspecified atom stereocenters. The maximum Gasteiger partial charge on any atom is 0.316 e. The molecule has 3 aromatic rings. The lowest BCUT2D eigenvalue weighted by molar-refractivity contribution is -0.141. The third-order valence-electron chi connectivity index (χ3n) is 3.64. The molecule has 7 nitrogen and oxygen atoms in total. The number of aryl methyl sites for hydroxylation is 1. The average molecular weight is 344 g/mol. The Bertz CT molecular complexity index is 934. The number of esters is 1. The molecule has 124 valence electrons. The Labute approximate surface area is 142 Å². The maximum atomic E-state index is 11.9. The molecule has 0 spiro atoms. The molecule has 0 fully saturated rings. The molecule has 0 saturated heterocycles. The van der Waals surface area contributed by atoms with E-state index in [1.54, 1.807) is 11.3 Å². The molecule has 0 saturated carbocycles. The van der Waals surface area contributed by atoms with Crippen LogP contribution in [0.25, 0.3) is 5.78 Å². The van der Waals surface area contributed by atoms with Crippen LogP contribution >= 0.6 is 11.8 Å². The topological polar surface area (TPSA) is 89.3 Å². The number of rotatable bonds is 5. The van der Waals surface area contributed by atoms with Crippen molar-refractivity contribution in [3.05, 3.63) is 57.5 Å². The number of benzene rings is 1. The second-order valence-corrected chi connectivity index (χ2v) is 6.18. The van der Waals surface area contributed by atoms with Gasteiger partial charge in [-0.15, -0.1) is 10.2 Å². The second kappa shape index (κ2) is 6.88. The molecular weight excluding hydrogens is 328 g/mol. The summed E-state index contributed by atoms with van der Waals surface area (Å²) in [5.74, 6) is 0.147. The van der Waals surface area contributed by atoms with Gasteiger partial charge in [0.15, 0.2) is 5.16 Å². The first-order valence-electron chi connectivity index (χ1n) is 7.33. The molecule has 0 bridgehead atoms. The Morgan fingerprint density at radius 3 is 2.75 bits per heavy atom. The van der Waals surface area contributed by atoms with Crippen LogP contribution in [-0.4, -0.2) is 31.3 Å². The van der Waals surface area contributed by atoms with Crippen LogP contribution in [0, 0.1) is 13.8 Å². The fourth-order valence-electron chi connectivity index (χ4n) is 2.18. The van der Waals surface area contributed by atoms with Crippen LogP contribution < -0.4 is 5.56 Å². The molecule has 0 amide bonds. The molecule has 3 rings (SSSR count). The molecular formula is C16H16N4O3S. The van der Waals surface area contributed by atoms with Crippen LogP contribution in [0.15, 0.2) is 40.3 Å². The summed E-state index contributed by atoms with van der Waals surface area (Å²) in [6.07, 6.45) is 0. The van der Waals surface area contributed by atoms with E-state index in [1.807, 2.05) is 37.3 Å². The van der Waals surface area contributed by atoms with Crippen molar-refractivity contribution in [3.8, 4) is 0 Å². The highest BCUT2D eigenvalue weighted by Crippen LogP contribution is 2.18. The summed E-state index contributed by atoms with van der Waals surface area (Å²) in [6, 6.07) is 9.49. The molecule has 1 aromatic carbocycles. The number of nitrogens with one attached hydrogen (secondary N) is 1. The monoisotopic (exact) mass is 344 g/mol. The smallest absolute Gasteiger partial charge is 0.316 e. The van der Waals surface area contributed by atoms with Crippen LogP contribution in [0.3, 0.4) is 0 Å². The zero-order valence-corrected chi connectivity index (χ0v) is 14.1. The van der Waals surface area contributed by atoms with Gasteiger partial charge in [-0.2, -0.15) is 0 Å². The van der Waals surface area contributed by atoms with Crippen molar-refractivity contribution < 1.29 is 9.53 Å². The molecule has 0 radical (unpaired) electrons. The van der Waals surface area contributed by atoms with Crippen molar-refractivity contribution >= 4 is 23.5 Å². The van der Waals surface area contributed by atoms with Crippen LogP contribution in [0.4, 0.5) is 0 Å². The quantitative estimate of drug-likeness (QED) is 0.561. The van der Waals surface area contributed by atoms with Gasteiger partial charge < -0.3 is 4.74 Å². The first-order chi connectivity index (χ1) is 11.6. The first kappa shape index (κ1) is 16.3. The Morgan fingerprint density at radius 1 is 1.25 bits per heavy atom. The first-order valence-corrected chi connectivity index (χ1v) is 8.32. The van der Waals surface area contributed by atoms with Gasteiger partial charge in [-0.1, -0.05) is 42.1 Å². The van der Waals surface area contributed by atoms with Gasteiger partial charge >= 0.3 is 5.97 Å². The van der Waals surface area contributed by atoms with Gasteiger partial charge in [0.1, 0.15) is 6.61 Å². The van der Waals surface area contributed by atoms with Crippen molar-refractivity contribution in [2.75, 3.05) is 5.75 Å². The highest BCUT2D eigenvalue weighted by molar-refractivity contribution is 7.99. The fourth-order valence-corrected chi connectivity index (χ4v) is 2.96. The van der Waals surface area contributed by atoms with Crippen LogP contribution in [-0.2, 0) is 16.1 Å². The zero-order valence-electron chi connectivity index (χ0n) is 13.3. The minimum atomic E-state index is -0.334. The number of nitrogens with zero attached hydrogens (tertiary/aromatic N) is 3. The van der Waals surface area contributed by atoms with Crippen molar-refractivity contribution in [2.24, 2.45) is 0 Å². The molecule has 0 atom stereocenters. The normalized spacial score (nSPS) is 10.9. The van der Waals surface area contributed by atoms with Crippen molar-refractivity contribution in [1.29, 1.82) is 0 Å².